The SMILES string of the molecule is CCOC(=O)c1ccccc1C(=O)OCC.O=C([O-])CC(C(=O)[O-])S(=O)(=O)O.[Na+].[Na+]. The van der Waals surface area contributed by atoms with E-state index in [4.69, 9.17) is 14.0 Å². The Kier molecular flexibility index (Phi) is 18.7. The fourth-order valence-electron chi connectivity index (χ4n) is 1.72. The molecule has 156 valence electrons. The van der Waals surface area contributed by atoms with E-state index in [1.54, 1.807) is 38.1 Å². The van der Waals surface area contributed by atoms with Crippen molar-refractivity contribution in [2.75, 3.05) is 13.2 Å². The van der Waals surface area contributed by atoms with Crippen LogP contribution in [0.1, 0.15) is 41.0 Å². The minimum Gasteiger partial charge on any atom is -0.550 e. The third-order valence-electron chi connectivity index (χ3n) is 2.89. The van der Waals surface area contributed by atoms with Gasteiger partial charge in [0.2, 0.25) is 0 Å². The van der Waals surface area contributed by atoms with Crippen molar-refractivity contribution in [3.63, 3.8) is 0 Å². The van der Waals surface area contributed by atoms with Gasteiger partial charge in [-0.2, -0.15) is 8.42 Å². The van der Waals surface area contributed by atoms with Crippen LogP contribution < -0.4 is 69.3 Å². The summed E-state index contributed by atoms with van der Waals surface area (Å²) in [6, 6.07) is 6.44. The molecule has 0 radical (unpaired) electrons. The van der Waals surface area contributed by atoms with Crippen LogP contribution in [0.2, 0.25) is 0 Å². The molecule has 0 heterocycles. The van der Waals surface area contributed by atoms with Gasteiger partial charge in [0.25, 0.3) is 10.1 Å². The number of ether oxygens (including phenoxy) is 2. The van der Waals surface area contributed by atoms with Gasteiger partial charge in [-0.1, -0.05) is 12.1 Å². The first kappa shape index (κ1) is 33.6. The Morgan fingerprint density at radius 2 is 1.30 bits per heavy atom. The van der Waals surface area contributed by atoms with Crippen molar-refractivity contribution in [2.45, 2.75) is 25.5 Å². The van der Waals surface area contributed by atoms with E-state index < -0.39 is 45.7 Å². The van der Waals surface area contributed by atoms with Crippen molar-refractivity contribution in [2.24, 2.45) is 0 Å². The van der Waals surface area contributed by atoms with Crippen molar-refractivity contribution in [3.8, 4) is 0 Å². The third kappa shape index (κ3) is 12.6. The van der Waals surface area contributed by atoms with Gasteiger partial charge in [0.05, 0.1) is 30.3 Å². The molecule has 0 saturated carbocycles. The predicted octanol–water partition coefficient (Wildman–Crippen LogP) is -7.82. The van der Waals surface area contributed by atoms with Gasteiger partial charge in [0, 0.05) is 12.4 Å². The molecule has 0 aliphatic carbocycles. The van der Waals surface area contributed by atoms with Crippen molar-refractivity contribution in [3.05, 3.63) is 35.4 Å². The van der Waals surface area contributed by atoms with Crippen LogP contribution in [0.25, 0.3) is 0 Å². The molecule has 0 fully saturated rings. The number of carboxylic acids is 2. The monoisotopic (exact) mass is 464 g/mol. The number of rotatable bonds is 8. The first-order valence-electron chi connectivity index (χ1n) is 7.75. The summed E-state index contributed by atoms with van der Waals surface area (Å²) in [6.45, 7) is 3.97. The topological polar surface area (TPSA) is 187 Å². The largest absolute Gasteiger partial charge is 1.00 e. The van der Waals surface area contributed by atoms with Crippen molar-refractivity contribution < 1.29 is 111 Å². The molecule has 14 heteroatoms. The summed E-state index contributed by atoms with van der Waals surface area (Å²) in [6.07, 6.45) is -1.33. The summed E-state index contributed by atoms with van der Waals surface area (Å²) in [5.74, 6) is -5.10. The number of carbonyl (C=O) groups excluding carboxylic acids is 4. The van der Waals surface area contributed by atoms with Gasteiger partial charge in [-0.25, -0.2) is 9.59 Å². The molecule has 1 aromatic rings. The van der Waals surface area contributed by atoms with Gasteiger partial charge in [0.1, 0.15) is 5.25 Å². The molecule has 11 nitrogen and oxygen atoms in total. The van der Waals surface area contributed by atoms with Gasteiger partial charge < -0.3 is 29.3 Å². The maximum Gasteiger partial charge on any atom is 1.00 e. The van der Waals surface area contributed by atoms with Gasteiger partial charge in [-0.05, 0) is 26.0 Å². The molecule has 0 bridgehead atoms. The van der Waals surface area contributed by atoms with E-state index in [2.05, 4.69) is 0 Å². The molecule has 1 N–H and O–H groups in total. The van der Waals surface area contributed by atoms with Crippen LogP contribution >= 0.6 is 0 Å². The quantitative estimate of drug-likeness (QED) is 0.219. The van der Waals surface area contributed by atoms with Crippen LogP contribution in [-0.2, 0) is 29.2 Å². The Hall–Kier alpha value is -0.990. The minimum absolute atomic E-state index is 0. The van der Waals surface area contributed by atoms with Crippen LogP contribution in [0.15, 0.2) is 24.3 Å². The fraction of sp³-hybridized carbons (Fsp3) is 0.375. The summed E-state index contributed by atoms with van der Waals surface area (Å²) in [4.78, 5) is 42.8. The summed E-state index contributed by atoms with van der Waals surface area (Å²) in [5.41, 5.74) is 0.477. The molecule has 1 unspecified atom stereocenters. The molecular weight excluding hydrogens is 446 g/mol. The van der Waals surface area contributed by atoms with E-state index in [1.807, 2.05) is 0 Å². The zero-order valence-corrected chi connectivity index (χ0v) is 21.8. The van der Waals surface area contributed by atoms with Crippen molar-refractivity contribution >= 4 is 34.0 Å². The Balaban J connectivity index is -0.000000474. The maximum absolute atomic E-state index is 11.5. The minimum atomic E-state index is -4.94. The van der Waals surface area contributed by atoms with Crippen LogP contribution in [0.3, 0.4) is 0 Å². The number of carboxylic acid groups (broad SMARTS) is 2. The molecular formula is C16H18Na2O11S. The molecule has 1 rings (SSSR count). The zero-order chi connectivity index (χ0) is 21.9. The van der Waals surface area contributed by atoms with Crippen LogP contribution in [0.4, 0.5) is 0 Å². The second kappa shape index (κ2) is 16.7. The van der Waals surface area contributed by atoms with Gasteiger partial charge in [-0.15, -0.1) is 0 Å². The smallest absolute Gasteiger partial charge is 0.550 e. The molecule has 30 heavy (non-hydrogen) atoms. The van der Waals surface area contributed by atoms with Gasteiger partial charge >= 0.3 is 71.1 Å². The second-order valence-corrected chi connectivity index (χ2v) is 6.48. The molecule has 0 aromatic heterocycles. The van der Waals surface area contributed by atoms with Crippen molar-refractivity contribution in [1.82, 2.24) is 0 Å². The first-order valence-corrected chi connectivity index (χ1v) is 9.26. The Labute approximate surface area is 217 Å². The van der Waals surface area contributed by atoms with Crippen LogP contribution in [0, 0.1) is 0 Å². The van der Waals surface area contributed by atoms with E-state index >= 15 is 0 Å². The summed E-state index contributed by atoms with van der Waals surface area (Å²) in [7, 11) is -4.94. The van der Waals surface area contributed by atoms with Gasteiger partial charge in [-0.3, -0.25) is 4.55 Å². The Morgan fingerprint density at radius 1 is 0.933 bits per heavy atom. The number of esters is 2. The third-order valence-corrected chi connectivity index (χ3v) is 3.97. The molecule has 0 saturated heterocycles. The summed E-state index contributed by atoms with van der Waals surface area (Å²) >= 11 is 0. The maximum atomic E-state index is 11.5. The van der Waals surface area contributed by atoms with Gasteiger partial charge in [0.15, 0.2) is 0 Å². The van der Waals surface area contributed by atoms with Crippen LogP contribution in [0.5, 0.6) is 0 Å². The number of aliphatic carboxylic acids is 2. The number of benzene rings is 1. The molecule has 0 aliphatic heterocycles. The fourth-order valence-corrected chi connectivity index (χ4v) is 2.31. The summed E-state index contributed by atoms with van der Waals surface area (Å²) < 4.78 is 38.2. The number of hydrogen-bond donors (Lipinski definition) is 1. The zero-order valence-electron chi connectivity index (χ0n) is 16.9. The average Bonchev–Trinajstić information content (AvgIpc) is 2.59. The normalized spacial score (nSPS) is 10.6. The standard InChI is InChI=1S/C12H14O4.C4H6O7S.2Na/c1-3-15-11(13)9-7-5-6-8-10(9)12(14)16-4-2;5-3(6)1-2(4(7)8)12(9,10)11;;/h5-8H,3-4H2,1-2H3;2H,1H2,(H,5,6)(H,7,8)(H,9,10,11);;/q;;2*+1/p-2. The van der Waals surface area contributed by atoms with E-state index in [9.17, 15) is 37.8 Å². The first-order chi connectivity index (χ1) is 12.9. The van der Waals surface area contributed by atoms with E-state index in [0.29, 0.717) is 0 Å². The number of hydrogen-bond acceptors (Lipinski definition) is 10. The van der Waals surface area contributed by atoms with E-state index in [0.717, 1.165) is 0 Å². The molecule has 0 amide bonds. The number of carbonyl (C=O) groups is 4. The molecule has 1 atom stereocenters. The average molecular weight is 464 g/mol. The van der Waals surface area contributed by atoms with Crippen molar-refractivity contribution in [1.29, 1.82) is 0 Å². The predicted molar refractivity (Wildman–Crippen MR) is 88.3 cm³/mol. The molecule has 1 aromatic carbocycles. The molecule has 0 spiro atoms. The van der Waals surface area contributed by atoms with E-state index in [-0.39, 0.29) is 83.5 Å². The second-order valence-electron chi connectivity index (χ2n) is 4.89. The Morgan fingerprint density at radius 3 is 1.50 bits per heavy atom. The van der Waals surface area contributed by atoms with Crippen LogP contribution in [-0.4, -0.2) is 55.3 Å². The van der Waals surface area contributed by atoms with E-state index in [1.165, 1.54) is 0 Å². The summed E-state index contributed by atoms with van der Waals surface area (Å²) in [5, 5.41) is 17.3. The molecule has 0 aliphatic rings. The Bertz CT molecular complexity index is 787.